The number of rotatable bonds is 1. The number of hydrogen-bond acceptors (Lipinski definition) is 2. The molecule has 0 aliphatic rings. The molecule has 1 amide bonds. The molecular formula is C8H4BrFN2O. The third-order valence-electron chi connectivity index (χ3n) is 1.28. The first-order chi connectivity index (χ1) is 6.13. The van der Waals surface area contributed by atoms with E-state index >= 15 is 0 Å². The minimum absolute atomic E-state index is 0.0130. The average molecular weight is 243 g/mol. The summed E-state index contributed by atoms with van der Waals surface area (Å²) in [7, 11) is 0. The van der Waals surface area contributed by atoms with Crippen molar-refractivity contribution in [1.82, 2.24) is 0 Å². The Morgan fingerprint density at radius 3 is 2.92 bits per heavy atom. The molecule has 0 heterocycles. The van der Waals surface area contributed by atoms with Crippen LogP contribution in [-0.2, 0) is 4.79 Å². The first-order valence-electron chi connectivity index (χ1n) is 3.29. The van der Waals surface area contributed by atoms with E-state index in [1.165, 1.54) is 24.3 Å². The molecule has 0 aliphatic heterocycles. The number of hydrogen-bond donors (Lipinski definition) is 1. The summed E-state index contributed by atoms with van der Waals surface area (Å²) >= 11 is 3.11. The predicted molar refractivity (Wildman–Crippen MR) is 48.3 cm³/mol. The van der Waals surface area contributed by atoms with Gasteiger partial charge in [-0.1, -0.05) is 15.9 Å². The summed E-state index contributed by atoms with van der Waals surface area (Å²) in [6, 6.07) is 5.40. The molecule has 3 nitrogen and oxygen atoms in total. The second-order valence-corrected chi connectivity index (χ2v) is 3.11. The second kappa shape index (κ2) is 4.01. The number of carbonyl (C=O) groups excluding carboxylic acids is 1. The van der Waals surface area contributed by atoms with Crippen LogP contribution in [0.2, 0.25) is 0 Å². The Morgan fingerprint density at radius 2 is 2.31 bits per heavy atom. The van der Waals surface area contributed by atoms with Gasteiger partial charge in [-0.2, -0.15) is 5.26 Å². The number of carbonyl (C=O) groups is 1. The van der Waals surface area contributed by atoms with Crippen molar-refractivity contribution in [3.8, 4) is 6.07 Å². The van der Waals surface area contributed by atoms with Crippen LogP contribution in [0.15, 0.2) is 22.7 Å². The number of anilines is 1. The normalized spacial score (nSPS) is 9.00. The van der Waals surface area contributed by atoms with Gasteiger partial charge >= 0.3 is 5.91 Å². The summed E-state index contributed by atoms with van der Waals surface area (Å²) < 4.78 is 13.5. The van der Waals surface area contributed by atoms with E-state index in [1.54, 1.807) is 0 Å². The SMILES string of the molecule is N#CC(=O)Nc1cc(Br)ccc1F. The highest BCUT2D eigenvalue weighted by molar-refractivity contribution is 9.10. The maximum absolute atomic E-state index is 12.9. The smallest absolute Gasteiger partial charge is 0.311 e. The second-order valence-electron chi connectivity index (χ2n) is 2.19. The number of nitrogens with one attached hydrogen (secondary N) is 1. The van der Waals surface area contributed by atoms with E-state index in [-0.39, 0.29) is 5.69 Å². The lowest BCUT2D eigenvalue weighted by Crippen LogP contribution is -2.09. The molecule has 0 unspecified atom stereocenters. The van der Waals surface area contributed by atoms with Crippen molar-refractivity contribution in [3.05, 3.63) is 28.5 Å². The van der Waals surface area contributed by atoms with Crippen LogP contribution in [0.4, 0.5) is 10.1 Å². The first-order valence-corrected chi connectivity index (χ1v) is 4.09. The van der Waals surface area contributed by atoms with Gasteiger partial charge in [-0.3, -0.25) is 4.79 Å². The molecule has 13 heavy (non-hydrogen) atoms. The monoisotopic (exact) mass is 242 g/mol. The summed E-state index contributed by atoms with van der Waals surface area (Å²) in [5, 5.41) is 10.3. The van der Waals surface area contributed by atoms with Crippen LogP contribution in [0, 0.1) is 17.1 Å². The molecule has 0 radical (unpaired) electrons. The minimum atomic E-state index is -0.892. The molecule has 0 saturated carbocycles. The average Bonchev–Trinajstić information content (AvgIpc) is 2.11. The largest absolute Gasteiger partial charge is 0.326 e. The van der Waals surface area contributed by atoms with Crippen LogP contribution < -0.4 is 5.32 Å². The van der Waals surface area contributed by atoms with E-state index in [2.05, 4.69) is 21.2 Å². The topological polar surface area (TPSA) is 52.9 Å². The molecule has 0 saturated heterocycles. The Balaban J connectivity index is 2.95. The van der Waals surface area contributed by atoms with Gasteiger partial charge in [0.1, 0.15) is 5.82 Å². The zero-order chi connectivity index (χ0) is 9.84. The van der Waals surface area contributed by atoms with Gasteiger partial charge in [0, 0.05) is 4.47 Å². The fourth-order valence-corrected chi connectivity index (χ4v) is 1.10. The number of halogens is 2. The molecular weight excluding hydrogens is 239 g/mol. The van der Waals surface area contributed by atoms with Crippen molar-refractivity contribution in [2.75, 3.05) is 5.32 Å². The van der Waals surface area contributed by atoms with Crippen molar-refractivity contribution in [1.29, 1.82) is 5.26 Å². The van der Waals surface area contributed by atoms with Crippen LogP contribution in [0.3, 0.4) is 0 Å². The Kier molecular flexibility index (Phi) is 2.98. The van der Waals surface area contributed by atoms with E-state index in [0.717, 1.165) is 0 Å². The highest BCUT2D eigenvalue weighted by Gasteiger charge is 2.05. The van der Waals surface area contributed by atoms with E-state index in [1.807, 2.05) is 0 Å². The molecule has 0 spiro atoms. The quantitative estimate of drug-likeness (QED) is 0.767. The van der Waals surface area contributed by atoms with E-state index in [4.69, 9.17) is 5.26 Å². The summed E-state index contributed by atoms with van der Waals surface area (Å²) in [5.74, 6) is -1.47. The molecule has 0 aromatic heterocycles. The minimum Gasteiger partial charge on any atom is -0.311 e. The van der Waals surface area contributed by atoms with Crippen LogP contribution in [0.5, 0.6) is 0 Å². The van der Waals surface area contributed by atoms with Gasteiger partial charge in [-0.25, -0.2) is 4.39 Å². The van der Waals surface area contributed by atoms with Gasteiger partial charge in [0.05, 0.1) is 5.69 Å². The fourth-order valence-electron chi connectivity index (χ4n) is 0.744. The lowest BCUT2D eigenvalue weighted by molar-refractivity contribution is -0.111. The van der Waals surface area contributed by atoms with Gasteiger partial charge in [-0.15, -0.1) is 0 Å². The molecule has 0 aliphatic carbocycles. The van der Waals surface area contributed by atoms with E-state index in [0.29, 0.717) is 4.47 Å². The maximum Gasteiger partial charge on any atom is 0.326 e. The van der Waals surface area contributed by atoms with Gasteiger partial charge in [0.15, 0.2) is 6.07 Å². The molecule has 0 bridgehead atoms. The van der Waals surface area contributed by atoms with Gasteiger partial charge < -0.3 is 5.32 Å². The number of nitrogens with zero attached hydrogens (tertiary/aromatic N) is 1. The molecule has 1 rings (SSSR count). The summed E-state index contributed by atoms with van der Waals surface area (Å²) in [5.41, 5.74) is -0.0130. The predicted octanol–water partition coefficient (Wildman–Crippen LogP) is 2.05. The first kappa shape index (κ1) is 9.68. The van der Waals surface area contributed by atoms with Crippen LogP contribution >= 0.6 is 15.9 Å². The highest BCUT2D eigenvalue weighted by atomic mass is 79.9. The molecule has 5 heteroatoms. The van der Waals surface area contributed by atoms with Crippen molar-refractivity contribution in [3.63, 3.8) is 0 Å². The standard InChI is InChI=1S/C8H4BrFN2O/c9-5-1-2-6(10)7(3-5)12-8(13)4-11/h1-3H,(H,12,13). The Morgan fingerprint density at radius 1 is 1.62 bits per heavy atom. The van der Waals surface area contributed by atoms with Gasteiger partial charge in [0.25, 0.3) is 0 Å². The number of amides is 1. The van der Waals surface area contributed by atoms with Crippen LogP contribution in [-0.4, -0.2) is 5.91 Å². The Labute approximate surface area is 82.3 Å². The van der Waals surface area contributed by atoms with Crippen molar-refractivity contribution in [2.24, 2.45) is 0 Å². The molecule has 1 aromatic carbocycles. The third kappa shape index (κ3) is 2.53. The lowest BCUT2D eigenvalue weighted by atomic mass is 10.3. The zero-order valence-electron chi connectivity index (χ0n) is 6.34. The summed E-state index contributed by atoms with van der Waals surface area (Å²) in [6.07, 6.45) is 0. The lowest BCUT2D eigenvalue weighted by Gasteiger charge is -2.01. The highest BCUT2D eigenvalue weighted by Crippen LogP contribution is 2.19. The Bertz CT molecular complexity index is 386. The van der Waals surface area contributed by atoms with Crippen LogP contribution in [0.25, 0.3) is 0 Å². The van der Waals surface area contributed by atoms with E-state index in [9.17, 15) is 9.18 Å². The van der Waals surface area contributed by atoms with Crippen molar-refractivity contribution < 1.29 is 9.18 Å². The maximum atomic E-state index is 12.9. The summed E-state index contributed by atoms with van der Waals surface area (Å²) in [6.45, 7) is 0. The van der Waals surface area contributed by atoms with Crippen molar-refractivity contribution in [2.45, 2.75) is 0 Å². The van der Waals surface area contributed by atoms with Crippen molar-refractivity contribution >= 4 is 27.5 Å². The molecule has 0 fully saturated rings. The molecule has 0 atom stereocenters. The number of nitriles is 1. The van der Waals surface area contributed by atoms with Gasteiger partial charge in [-0.05, 0) is 18.2 Å². The number of benzene rings is 1. The van der Waals surface area contributed by atoms with E-state index < -0.39 is 11.7 Å². The molecule has 66 valence electrons. The Hall–Kier alpha value is -1.41. The fraction of sp³-hybridized carbons (Fsp3) is 0. The molecule has 1 N–H and O–H groups in total. The third-order valence-corrected chi connectivity index (χ3v) is 1.77. The van der Waals surface area contributed by atoms with Gasteiger partial charge in [0.2, 0.25) is 0 Å². The molecule has 1 aromatic rings. The zero-order valence-corrected chi connectivity index (χ0v) is 7.93. The van der Waals surface area contributed by atoms with Crippen LogP contribution in [0.1, 0.15) is 0 Å². The summed E-state index contributed by atoms with van der Waals surface area (Å²) in [4.78, 5) is 10.6.